The average Bonchev–Trinajstić information content (AvgIpc) is 3.27. The molecule has 1 fully saturated rings. The maximum atomic E-state index is 12.1. The highest BCUT2D eigenvalue weighted by molar-refractivity contribution is 7.13. The molecule has 0 atom stereocenters. The molecule has 0 aliphatic carbocycles. The Kier molecular flexibility index (Phi) is 5.91. The van der Waals surface area contributed by atoms with Gasteiger partial charge >= 0.3 is 0 Å². The van der Waals surface area contributed by atoms with E-state index in [0.717, 1.165) is 0 Å². The number of amides is 1. The van der Waals surface area contributed by atoms with Crippen LogP contribution >= 0.6 is 11.3 Å². The molecule has 11 heteroatoms. The van der Waals surface area contributed by atoms with Gasteiger partial charge in [-0.3, -0.25) is 25.1 Å². The number of carbonyl (C=O) groups excluding carboxylic acids is 1. The third kappa shape index (κ3) is 4.58. The molecule has 0 radical (unpaired) electrons. The summed E-state index contributed by atoms with van der Waals surface area (Å²) >= 11 is 1.28. The first kappa shape index (κ1) is 19.9. The number of piperazine rings is 1. The third-order valence-corrected chi connectivity index (χ3v) is 5.38. The van der Waals surface area contributed by atoms with Crippen LogP contribution in [0.25, 0.3) is 11.3 Å². The summed E-state index contributed by atoms with van der Waals surface area (Å²) in [4.78, 5) is 31.9. The number of pyridine rings is 1. The molecule has 154 valence electrons. The number of hydrogen-bond donors (Lipinski definition) is 1. The van der Waals surface area contributed by atoms with E-state index in [0.29, 0.717) is 48.4 Å². The molecule has 3 heterocycles. The van der Waals surface area contributed by atoms with E-state index in [1.807, 2.05) is 30.3 Å². The molecule has 0 spiro atoms. The fourth-order valence-electron chi connectivity index (χ4n) is 3.30. The summed E-state index contributed by atoms with van der Waals surface area (Å²) in [6.07, 6.45) is 0. The molecule has 0 saturated carbocycles. The van der Waals surface area contributed by atoms with E-state index in [4.69, 9.17) is 0 Å². The average molecular weight is 425 g/mol. The molecule has 1 saturated heterocycles. The van der Waals surface area contributed by atoms with Gasteiger partial charge in [0.2, 0.25) is 11.0 Å². The zero-order valence-electron chi connectivity index (χ0n) is 16.0. The van der Waals surface area contributed by atoms with Gasteiger partial charge in [0.05, 0.1) is 11.5 Å². The fraction of sp³-hybridized carbons (Fsp3) is 0.263. The van der Waals surface area contributed by atoms with Crippen molar-refractivity contribution >= 4 is 33.9 Å². The minimum atomic E-state index is -0.409. The normalized spacial score (nSPS) is 14.5. The highest BCUT2D eigenvalue weighted by Gasteiger charge is 2.23. The molecular formula is C19H19N7O3S. The van der Waals surface area contributed by atoms with Crippen LogP contribution in [0.5, 0.6) is 0 Å². The summed E-state index contributed by atoms with van der Waals surface area (Å²) in [6.45, 7) is 2.98. The Labute approximate surface area is 176 Å². The number of anilines is 2. The fourth-order valence-corrected chi connectivity index (χ4v) is 3.76. The molecule has 1 aliphatic rings. The van der Waals surface area contributed by atoms with Crippen molar-refractivity contribution in [3.8, 4) is 11.3 Å². The molecule has 1 aromatic carbocycles. The second kappa shape index (κ2) is 8.93. The molecule has 1 aliphatic heterocycles. The van der Waals surface area contributed by atoms with Crippen molar-refractivity contribution in [2.24, 2.45) is 0 Å². The second-order valence-electron chi connectivity index (χ2n) is 6.72. The van der Waals surface area contributed by atoms with Crippen molar-refractivity contribution in [2.75, 3.05) is 42.9 Å². The predicted octanol–water partition coefficient (Wildman–Crippen LogP) is 2.27. The van der Waals surface area contributed by atoms with E-state index in [1.54, 1.807) is 11.6 Å². The van der Waals surface area contributed by atoms with Gasteiger partial charge in [0.25, 0.3) is 5.69 Å². The Hall–Kier alpha value is -3.44. The summed E-state index contributed by atoms with van der Waals surface area (Å²) in [5, 5.41) is 22.2. The molecular weight excluding hydrogens is 406 g/mol. The Morgan fingerprint density at radius 1 is 1.13 bits per heavy atom. The number of nitro groups is 1. The van der Waals surface area contributed by atoms with Gasteiger partial charge in [-0.05, 0) is 6.07 Å². The van der Waals surface area contributed by atoms with Gasteiger partial charge in [-0.15, -0.1) is 10.2 Å². The number of nitrogens with zero attached hydrogens (tertiary/aromatic N) is 6. The Bertz CT molecular complexity index is 1020. The number of hydrogen-bond acceptors (Lipinski definition) is 9. The smallest absolute Gasteiger partial charge is 0.295 e. The van der Waals surface area contributed by atoms with E-state index in [9.17, 15) is 14.9 Å². The summed E-state index contributed by atoms with van der Waals surface area (Å²) in [5.41, 5.74) is 2.61. The third-order valence-electron chi connectivity index (χ3n) is 4.77. The van der Waals surface area contributed by atoms with E-state index >= 15 is 0 Å². The van der Waals surface area contributed by atoms with Crippen molar-refractivity contribution in [2.45, 2.75) is 0 Å². The highest BCUT2D eigenvalue weighted by Crippen LogP contribution is 2.30. The van der Waals surface area contributed by atoms with Crippen LogP contribution in [0.4, 0.5) is 16.6 Å². The molecule has 3 aromatic rings. The lowest BCUT2D eigenvalue weighted by Crippen LogP contribution is -2.49. The molecule has 30 heavy (non-hydrogen) atoms. The molecule has 4 rings (SSSR count). The predicted molar refractivity (Wildman–Crippen MR) is 114 cm³/mol. The van der Waals surface area contributed by atoms with E-state index in [1.165, 1.54) is 17.4 Å². The highest BCUT2D eigenvalue weighted by atomic mass is 32.1. The lowest BCUT2D eigenvalue weighted by Gasteiger charge is -2.35. The number of benzene rings is 1. The van der Waals surface area contributed by atoms with Crippen molar-refractivity contribution in [3.63, 3.8) is 0 Å². The molecule has 1 N–H and O–H groups in total. The lowest BCUT2D eigenvalue weighted by atomic mass is 10.1. The van der Waals surface area contributed by atoms with Crippen molar-refractivity contribution < 1.29 is 9.72 Å². The van der Waals surface area contributed by atoms with Crippen LogP contribution in [-0.2, 0) is 4.79 Å². The van der Waals surface area contributed by atoms with Crippen LogP contribution in [0.2, 0.25) is 0 Å². The van der Waals surface area contributed by atoms with E-state index in [-0.39, 0.29) is 18.1 Å². The first-order chi connectivity index (χ1) is 14.6. The van der Waals surface area contributed by atoms with Crippen molar-refractivity contribution in [1.82, 2.24) is 20.1 Å². The Morgan fingerprint density at radius 2 is 1.90 bits per heavy atom. The van der Waals surface area contributed by atoms with E-state index < -0.39 is 4.92 Å². The molecule has 10 nitrogen and oxygen atoms in total. The van der Waals surface area contributed by atoms with Crippen LogP contribution in [0.3, 0.4) is 0 Å². The molecule has 0 bridgehead atoms. The summed E-state index contributed by atoms with van der Waals surface area (Å²) in [7, 11) is 0. The SMILES string of the molecule is O=C(CN1CCN(c2ccc([N+](=O)[O-])c(-c3ccccc3)n2)CC1)Nc1nncs1. The largest absolute Gasteiger partial charge is 0.354 e. The zero-order chi connectivity index (χ0) is 20.9. The Balaban J connectivity index is 1.42. The van der Waals surface area contributed by atoms with Crippen molar-refractivity contribution in [1.29, 1.82) is 0 Å². The zero-order valence-corrected chi connectivity index (χ0v) is 16.8. The van der Waals surface area contributed by atoms with Gasteiger partial charge in [-0.25, -0.2) is 4.98 Å². The van der Waals surface area contributed by atoms with Gasteiger partial charge in [-0.2, -0.15) is 0 Å². The van der Waals surface area contributed by atoms with Crippen LogP contribution < -0.4 is 10.2 Å². The minimum absolute atomic E-state index is 0.0167. The maximum absolute atomic E-state index is 12.1. The van der Waals surface area contributed by atoms with Gasteiger partial charge < -0.3 is 4.90 Å². The summed E-state index contributed by atoms with van der Waals surface area (Å²) < 4.78 is 0. The summed E-state index contributed by atoms with van der Waals surface area (Å²) in [6, 6.07) is 12.3. The number of aromatic nitrogens is 3. The monoisotopic (exact) mass is 425 g/mol. The topological polar surface area (TPSA) is 117 Å². The van der Waals surface area contributed by atoms with Crippen LogP contribution in [0, 0.1) is 10.1 Å². The van der Waals surface area contributed by atoms with Gasteiger partial charge in [0.1, 0.15) is 11.3 Å². The second-order valence-corrected chi connectivity index (χ2v) is 7.55. The Morgan fingerprint density at radius 3 is 2.57 bits per heavy atom. The molecule has 0 unspecified atom stereocenters. The number of rotatable bonds is 6. The number of nitrogens with one attached hydrogen (secondary N) is 1. The first-order valence-corrected chi connectivity index (χ1v) is 10.2. The van der Waals surface area contributed by atoms with Crippen LogP contribution in [-0.4, -0.2) is 63.6 Å². The molecule has 2 aromatic heterocycles. The van der Waals surface area contributed by atoms with E-state index in [2.05, 4.69) is 30.3 Å². The van der Waals surface area contributed by atoms with Gasteiger partial charge in [0.15, 0.2) is 5.69 Å². The van der Waals surface area contributed by atoms with Crippen LogP contribution in [0.1, 0.15) is 0 Å². The van der Waals surface area contributed by atoms with Crippen molar-refractivity contribution in [3.05, 3.63) is 58.1 Å². The van der Waals surface area contributed by atoms with Gasteiger partial charge in [-0.1, -0.05) is 41.7 Å². The maximum Gasteiger partial charge on any atom is 0.295 e. The van der Waals surface area contributed by atoms with Gasteiger partial charge in [0, 0.05) is 37.8 Å². The minimum Gasteiger partial charge on any atom is -0.354 e. The number of carbonyl (C=O) groups is 1. The quantitative estimate of drug-likeness (QED) is 0.472. The van der Waals surface area contributed by atoms with Crippen LogP contribution in [0.15, 0.2) is 48.0 Å². The summed E-state index contributed by atoms with van der Waals surface area (Å²) in [5.74, 6) is 0.567. The standard InChI is InChI=1S/C19H19N7O3S/c27-17(22-19-23-20-13-30-19)12-24-8-10-25(11-9-24)16-7-6-15(26(28)29)18(21-16)14-4-2-1-3-5-14/h1-7,13H,8-12H2,(H,22,23,27). The lowest BCUT2D eigenvalue weighted by molar-refractivity contribution is -0.384. The molecule has 1 amide bonds. The first-order valence-electron chi connectivity index (χ1n) is 9.34.